The fourth-order valence-corrected chi connectivity index (χ4v) is 4.18. The molecule has 0 fully saturated rings. The lowest BCUT2D eigenvalue weighted by molar-refractivity contribution is 0.0914. The Kier molecular flexibility index (Phi) is 4.31. The molecule has 6 rings (SSSR count). The molecule has 1 aliphatic rings. The average molecular weight is 447 g/mol. The van der Waals surface area contributed by atoms with E-state index >= 15 is 0 Å². The van der Waals surface area contributed by atoms with Crippen molar-refractivity contribution >= 4 is 34.3 Å². The highest BCUT2D eigenvalue weighted by Gasteiger charge is 2.45. The summed E-state index contributed by atoms with van der Waals surface area (Å²) in [5.41, 5.74) is 2.48. The summed E-state index contributed by atoms with van der Waals surface area (Å²) in [6.07, 6.45) is 0. The molecular weight excluding hydrogens is 430 g/mol. The molecule has 0 atom stereocenters. The van der Waals surface area contributed by atoms with E-state index in [-0.39, 0.29) is 22.7 Å². The first kappa shape index (κ1) is 19.9. The van der Waals surface area contributed by atoms with Crippen LogP contribution in [0.5, 0.6) is 0 Å². The van der Waals surface area contributed by atoms with Gasteiger partial charge in [-0.15, -0.1) is 0 Å². The molecule has 34 heavy (non-hydrogen) atoms. The van der Waals surface area contributed by atoms with Crippen molar-refractivity contribution in [3.8, 4) is 5.69 Å². The van der Waals surface area contributed by atoms with E-state index in [1.54, 1.807) is 54.6 Å². The highest BCUT2D eigenvalue weighted by atomic mass is 16.3. The number of furan rings is 1. The number of ketones is 1. The predicted octanol–water partition coefficient (Wildman–Crippen LogP) is 4.96. The van der Waals surface area contributed by atoms with Crippen LogP contribution in [0.1, 0.15) is 42.7 Å². The Hall–Kier alpha value is -4.78. The van der Waals surface area contributed by atoms with Gasteiger partial charge in [0.25, 0.3) is 11.8 Å². The summed E-state index contributed by atoms with van der Waals surface area (Å²) < 4.78 is 7.11. The number of rotatable bonds is 4. The van der Waals surface area contributed by atoms with Crippen LogP contribution in [0.15, 0.2) is 89.3 Å². The number of carbonyl (C=O) groups excluding carboxylic acids is 3. The van der Waals surface area contributed by atoms with E-state index in [9.17, 15) is 14.4 Å². The van der Waals surface area contributed by atoms with Crippen molar-refractivity contribution in [2.45, 2.75) is 6.92 Å². The number of benzene rings is 3. The zero-order valence-electron chi connectivity index (χ0n) is 18.1. The SMILES string of the molecule is Cc1ccc(-n2nc(C(=O)c3cc4ccccc4o3)c3c2C(=O)N(c2ccccc2)C3=O)cc1. The lowest BCUT2D eigenvalue weighted by Gasteiger charge is -2.15. The van der Waals surface area contributed by atoms with Crippen LogP contribution < -0.4 is 4.90 Å². The van der Waals surface area contributed by atoms with Crippen molar-refractivity contribution in [2.75, 3.05) is 4.90 Å². The standard InChI is InChI=1S/C27H17N3O4/c1-16-11-13-19(14-12-16)30-24-22(26(32)29(27(24)33)18-8-3-2-4-9-18)23(28-30)25(31)21-15-17-7-5-6-10-20(17)34-21/h2-15H,1H3. The Balaban J connectivity index is 1.55. The molecule has 2 amide bonds. The van der Waals surface area contributed by atoms with Crippen LogP contribution >= 0.6 is 0 Å². The molecular formula is C27H17N3O4. The van der Waals surface area contributed by atoms with Gasteiger partial charge in [-0.1, -0.05) is 54.1 Å². The van der Waals surface area contributed by atoms with Gasteiger partial charge in [-0.3, -0.25) is 14.4 Å². The summed E-state index contributed by atoms with van der Waals surface area (Å²) in [5, 5.41) is 5.20. The third-order valence-corrected chi connectivity index (χ3v) is 5.87. The summed E-state index contributed by atoms with van der Waals surface area (Å²) in [5.74, 6) is -1.64. The van der Waals surface area contributed by atoms with Gasteiger partial charge in [0.2, 0.25) is 5.78 Å². The van der Waals surface area contributed by atoms with Crippen LogP contribution in [0.25, 0.3) is 16.7 Å². The van der Waals surface area contributed by atoms with Crippen molar-refractivity contribution in [1.82, 2.24) is 9.78 Å². The Morgan fingerprint density at radius 2 is 1.53 bits per heavy atom. The van der Waals surface area contributed by atoms with Crippen LogP contribution in [-0.2, 0) is 0 Å². The second-order valence-electron chi connectivity index (χ2n) is 8.08. The second kappa shape index (κ2) is 7.38. The number of anilines is 1. The molecule has 3 heterocycles. The van der Waals surface area contributed by atoms with E-state index in [0.717, 1.165) is 15.8 Å². The number of nitrogens with zero attached hydrogens (tertiary/aromatic N) is 3. The maximum Gasteiger partial charge on any atom is 0.284 e. The molecule has 7 heteroatoms. The summed E-state index contributed by atoms with van der Waals surface area (Å²) >= 11 is 0. The summed E-state index contributed by atoms with van der Waals surface area (Å²) in [7, 11) is 0. The molecule has 1 aliphatic heterocycles. The van der Waals surface area contributed by atoms with E-state index in [1.807, 2.05) is 37.3 Å². The minimum Gasteiger partial charge on any atom is -0.453 e. The van der Waals surface area contributed by atoms with Crippen molar-refractivity contribution in [3.63, 3.8) is 0 Å². The number of carbonyl (C=O) groups is 3. The molecule has 0 spiro atoms. The molecule has 164 valence electrons. The van der Waals surface area contributed by atoms with Gasteiger partial charge in [0.15, 0.2) is 11.5 Å². The molecule has 7 nitrogen and oxygen atoms in total. The van der Waals surface area contributed by atoms with Gasteiger partial charge >= 0.3 is 0 Å². The number of amides is 2. The molecule has 0 radical (unpaired) electrons. The maximum absolute atomic E-state index is 13.5. The van der Waals surface area contributed by atoms with Gasteiger partial charge in [-0.25, -0.2) is 9.58 Å². The first-order valence-electron chi connectivity index (χ1n) is 10.7. The van der Waals surface area contributed by atoms with Crippen LogP contribution in [-0.4, -0.2) is 27.4 Å². The molecule has 0 bridgehead atoms. The lowest BCUT2D eigenvalue weighted by Crippen LogP contribution is -2.31. The third kappa shape index (κ3) is 2.91. The van der Waals surface area contributed by atoms with E-state index in [1.165, 1.54) is 4.68 Å². The van der Waals surface area contributed by atoms with E-state index in [2.05, 4.69) is 5.10 Å². The number of fused-ring (bicyclic) bond motifs is 2. The second-order valence-corrected chi connectivity index (χ2v) is 8.08. The van der Waals surface area contributed by atoms with Gasteiger partial charge in [0.05, 0.1) is 11.4 Å². The Morgan fingerprint density at radius 3 is 2.26 bits per heavy atom. The first-order valence-corrected chi connectivity index (χ1v) is 10.7. The maximum atomic E-state index is 13.5. The summed E-state index contributed by atoms with van der Waals surface area (Å²) in [4.78, 5) is 41.6. The minimum atomic E-state index is -0.593. The topological polar surface area (TPSA) is 85.4 Å². The van der Waals surface area contributed by atoms with Gasteiger partial charge in [-0.05, 0) is 43.3 Å². The monoisotopic (exact) mass is 447 g/mol. The third-order valence-electron chi connectivity index (χ3n) is 5.87. The van der Waals surface area contributed by atoms with Crippen LogP contribution in [0, 0.1) is 6.92 Å². The average Bonchev–Trinajstić information content (AvgIpc) is 3.53. The van der Waals surface area contributed by atoms with Crippen molar-refractivity contribution in [2.24, 2.45) is 0 Å². The van der Waals surface area contributed by atoms with Crippen LogP contribution in [0.2, 0.25) is 0 Å². The molecule has 0 saturated heterocycles. The van der Waals surface area contributed by atoms with Crippen molar-refractivity contribution in [3.05, 3.63) is 113 Å². The number of aryl methyl sites for hydroxylation is 1. The zero-order chi connectivity index (χ0) is 23.4. The van der Waals surface area contributed by atoms with Gasteiger partial charge in [0, 0.05) is 5.39 Å². The Labute approximate surface area is 193 Å². The smallest absolute Gasteiger partial charge is 0.284 e. The fourth-order valence-electron chi connectivity index (χ4n) is 4.18. The van der Waals surface area contributed by atoms with E-state index < -0.39 is 17.6 Å². The first-order chi connectivity index (χ1) is 16.5. The van der Waals surface area contributed by atoms with Crippen LogP contribution in [0.3, 0.4) is 0 Å². The number of hydrogen-bond donors (Lipinski definition) is 0. The largest absolute Gasteiger partial charge is 0.453 e. The molecule has 0 saturated carbocycles. The molecule has 0 N–H and O–H groups in total. The number of aromatic nitrogens is 2. The Bertz CT molecular complexity index is 1580. The van der Waals surface area contributed by atoms with E-state index in [4.69, 9.17) is 4.42 Å². The zero-order valence-corrected chi connectivity index (χ0v) is 18.1. The molecule has 3 aromatic carbocycles. The molecule has 0 aliphatic carbocycles. The molecule has 5 aromatic rings. The predicted molar refractivity (Wildman–Crippen MR) is 126 cm³/mol. The van der Waals surface area contributed by atoms with Crippen molar-refractivity contribution < 1.29 is 18.8 Å². The lowest BCUT2D eigenvalue weighted by atomic mass is 10.1. The molecule has 2 aromatic heterocycles. The fraction of sp³-hybridized carbons (Fsp3) is 0.0370. The highest BCUT2D eigenvalue weighted by Crippen LogP contribution is 2.33. The summed E-state index contributed by atoms with van der Waals surface area (Å²) in [6.45, 7) is 1.94. The number of imide groups is 1. The summed E-state index contributed by atoms with van der Waals surface area (Å²) in [6, 6.07) is 24.8. The molecule has 0 unspecified atom stereocenters. The normalized spacial score (nSPS) is 13.0. The van der Waals surface area contributed by atoms with Gasteiger partial charge < -0.3 is 4.42 Å². The van der Waals surface area contributed by atoms with Gasteiger partial charge in [0.1, 0.15) is 16.8 Å². The number of hydrogen-bond acceptors (Lipinski definition) is 5. The minimum absolute atomic E-state index is 0.0279. The highest BCUT2D eigenvalue weighted by molar-refractivity contribution is 6.36. The quantitative estimate of drug-likeness (QED) is 0.287. The Morgan fingerprint density at radius 1 is 0.824 bits per heavy atom. The van der Waals surface area contributed by atoms with Crippen molar-refractivity contribution in [1.29, 1.82) is 0 Å². The van der Waals surface area contributed by atoms with E-state index in [0.29, 0.717) is 17.0 Å². The van der Waals surface area contributed by atoms with Crippen LogP contribution in [0.4, 0.5) is 5.69 Å². The van der Waals surface area contributed by atoms with Gasteiger partial charge in [-0.2, -0.15) is 5.10 Å². The number of para-hydroxylation sites is 2.